The van der Waals surface area contributed by atoms with Gasteiger partial charge in [-0.15, -0.1) is 0 Å². The fourth-order valence-corrected chi connectivity index (χ4v) is 3.94. The molecule has 2 saturated carbocycles. The van der Waals surface area contributed by atoms with Gasteiger partial charge in [0.15, 0.2) is 0 Å². The van der Waals surface area contributed by atoms with Gasteiger partial charge in [-0.2, -0.15) is 0 Å². The van der Waals surface area contributed by atoms with E-state index in [1.165, 1.54) is 25.7 Å². The van der Waals surface area contributed by atoms with E-state index in [1.54, 1.807) is 0 Å². The lowest BCUT2D eigenvalue weighted by molar-refractivity contribution is -0.0400. The van der Waals surface area contributed by atoms with Crippen LogP contribution in [0.1, 0.15) is 52.9 Å². The van der Waals surface area contributed by atoms with Crippen LogP contribution in [0, 0.1) is 16.7 Å². The predicted molar refractivity (Wildman–Crippen MR) is 54.5 cm³/mol. The number of rotatable bonds is 0. The van der Waals surface area contributed by atoms with E-state index in [0.717, 1.165) is 12.3 Å². The molecule has 1 nitrogen and oxygen atoms in total. The molecule has 1 N–H and O–H groups in total. The minimum Gasteiger partial charge on any atom is -0.393 e. The smallest absolute Gasteiger partial charge is 0.0596 e. The van der Waals surface area contributed by atoms with Gasteiger partial charge in [0.25, 0.3) is 0 Å². The van der Waals surface area contributed by atoms with E-state index >= 15 is 0 Å². The highest BCUT2D eigenvalue weighted by Gasteiger charge is 2.53. The van der Waals surface area contributed by atoms with Crippen LogP contribution >= 0.6 is 0 Å². The normalized spacial score (nSPS) is 48.9. The quantitative estimate of drug-likeness (QED) is 0.610. The second kappa shape index (κ2) is 2.73. The molecule has 3 atom stereocenters. The van der Waals surface area contributed by atoms with Crippen molar-refractivity contribution in [2.24, 2.45) is 16.7 Å². The summed E-state index contributed by atoms with van der Waals surface area (Å²) in [5.41, 5.74) is 0.701. The van der Waals surface area contributed by atoms with Gasteiger partial charge in [0.2, 0.25) is 0 Å². The minimum absolute atomic E-state index is 0.0305. The zero-order chi connectivity index (χ0) is 9.69. The van der Waals surface area contributed by atoms with Crippen molar-refractivity contribution in [3.05, 3.63) is 0 Å². The van der Waals surface area contributed by atoms with Crippen LogP contribution in [-0.4, -0.2) is 11.2 Å². The topological polar surface area (TPSA) is 20.2 Å². The summed E-state index contributed by atoms with van der Waals surface area (Å²) in [7, 11) is 0. The van der Waals surface area contributed by atoms with Crippen LogP contribution in [0.2, 0.25) is 0 Å². The van der Waals surface area contributed by atoms with E-state index < -0.39 is 0 Å². The molecule has 2 rings (SSSR count). The summed E-state index contributed by atoms with van der Waals surface area (Å²) < 4.78 is 0. The van der Waals surface area contributed by atoms with Gasteiger partial charge in [-0.05, 0) is 42.4 Å². The van der Waals surface area contributed by atoms with E-state index in [-0.39, 0.29) is 11.5 Å². The third-order valence-corrected chi connectivity index (χ3v) is 4.77. The maximum atomic E-state index is 10.0. The molecule has 1 heteroatoms. The van der Waals surface area contributed by atoms with Gasteiger partial charge >= 0.3 is 0 Å². The molecule has 0 aliphatic heterocycles. The number of aliphatic hydroxyl groups is 1. The van der Waals surface area contributed by atoms with E-state index in [9.17, 15) is 5.11 Å². The van der Waals surface area contributed by atoms with Crippen molar-refractivity contribution in [2.75, 3.05) is 0 Å². The first-order valence-electron chi connectivity index (χ1n) is 5.65. The monoisotopic (exact) mass is 182 g/mol. The molecule has 2 aliphatic rings. The second-order valence-electron chi connectivity index (χ2n) is 5.99. The molecule has 0 aromatic heterocycles. The molecule has 0 unspecified atom stereocenters. The van der Waals surface area contributed by atoms with E-state index in [0.29, 0.717) is 5.41 Å². The molecule has 76 valence electrons. The molecule has 0 spiro atoms. The Labute approximate surface area is 81.5 Å². The molecule has 0 radical (unpaired) electrons. The fraction of sp³-hybridized carbons (Fsp3) is 1.00. The number of fused-ring (bicyclic) bond motifs is 1. The van der Waals surface area contributed by atoms with Crippen molar-refractivity contribution in [1.82, 2.24) is 0 Å². The lowest BCUT2D eigenvalue weighted by Crippen LogP contribution is -2.43. The Kier molecular flexibility index (Phi) is 1.99. The van der Waals surface area contributed by atoms with Crippen LogP contribution in [0.3, 0.4) is 0 Å². The molecular weight excluding hydrogens is 160 g/mol. The Bertz CT molecular complexity index is 209. The molecule has 0 bridgehead atoms. The van der Waals surface area contributed by atoms with Crippen molar-refractivity contribution in [3.8, 4) is 0 Å². The number of hydrogen-bond acceptors (Lipinski definition) is 1. The molecule has 2 aliphatic carbocycles. The molecule has 0 saturated heterocycles. The average Bonchev–Trinajstić information content (AvgIpc) is 2.29. The molecule has 2 fully saturated rings. The molecular formula is C12H22O. The van der Waals surface area contributed by atoms with Gasteiger partial charge in [0.1, 0.15) is 0 Å². The van der Waals surface area contributed by atoms with Gasteiger partial charge in [0.05, 0.1) is 6.10 Å². The van der Waals surface area contributed by atoms with Crippen molar-refractivity contribution in [3.63, 3.8) is 0 Å². The van der Waals surface area contributed by atoms with Crippen molar-refractivity contribution in [1.29, 1.82) is 0 Å². The van der Waals surface area contributed by atoms with Crippen LogP contribution in [0.5, 0.6) is 0 Å². The summed E-state index contributed by atoms with van der Waals surface area (Å²) in [6.07, 6.45) is 6.13. The lowest BCUT2D eigenvalue weighted by Gasteiger charge is -2.48. The summed E-state index contributed by atoms with van der Waals surface area (Å²) in [6.45, 7) is 7.07. The Morgan fingerprint density at radius 1 is 1.08 bits per heavy atom. The highest BCUT2D eigenvalue weighted by atomic mass is 16.3. The van der Waals surface area contributed by atoms with Gasteiger partial charge in [-0.25, -0.2) is 0 Å². The SMILES string of the molecule is CC1(C)CCC[C@]2(C)[C@@H](O)CC[C@@H]12. The number of aliphatic hydroxyl groups excluding tert-OH is 1. The van der Waals surface area contributed by atoms with Crippen molar-refractivity contribution >= 4 is 0 Å². The first kappa shape index (κ1) is 9.51. The van der Waals surface area contributed by atoms with Crippen molar-refractivity contribution < 1.29 is 5.11 Å². The van der Waals surface area contributed by atoms with Gasteiger partial charge < -0.3 is 5.11 Å². The second-order valence-corrected chi connectivity index (χ2v) is 5.99. The Morgan fingerprint density at radius 2 is 1.77 bits per heavy atom. The van der Waals surface area contributed by atoms with Crippen LogP contribution in [0.4, 0.5) is 0 Å². The highest BCUT2D eigenvalue weighted by Crippen LogP contribution is 2.59. The lowest BCUT2D eigenvalue weighted by atomic mass is 9.57. The molecule has 0 heterocycles. The summed E-state index contributed by atoms with van der Waals surface area (Å²) in [5, 5.41) is 10.0. The molecule has 0 aromatic rings. The minimum atomic E-state index is -0.0305. The largest absolute Gasteiger partial charge is 0.393 e. The highest BCUT2D eigenvalue weighted by molar-refractivity contribution is 5.03. The van der Waals surface area contributed by atoms with Crippen LogP contribution in [0.25, 0.3) is 0 Å². The molecule has 0 amide bonds. The summed E-state index contributed by atoms with van der Waals surface area (Å²) >= 11 is 0. The molecule has 0 aromatic carbocycles. The Hall–Kier alpha value is -0.0400. The third-order valence-electron chi connectivity index (χ3n) is 4.77. The van der Waals surface area contributed by atoms with Crippen LogP contribution in [0.15, 0.2) is 0 Å². The zero-order valence-electron chi connectivity index (χ0n) is 9.14. The zero-order valence-corrected chi connectivity index (χ0v) is 9.14. The number of hydrogen-bond donors (Lipinski definition) is 1. The molecule has 13 heavy (non-hydrogen) atoms. The van der Waals surface area contributed by atoms with Crippen molar-refractivity contribution in [2.45, 2.75) is 59.0 Å². The Balaban J connectivity index is 2.28. The fourth-order valence-electron chi connectivity index (χ4n) is 3.94. The van der Waals surface area contributed by atoms with Crippen LogP contribution in [-0.2, 0) is 0 Å². The summed E-state index contributed by atoms with van der Waals surface area (Å²) in [5.74, 6) is 0.753. The Morgan fingerprint density at radius 3 is 2.38 bits per heavy atom. The third kappa shape index (κ3) is 1.24. The standard InChI is InChI=1S/C12H22O/c1-11(2)7-4-8-12(3)9(11)5-6-10(12)13/h9-10,13H,4-8H2,1-3H3/t9-,10-,12-/m0/s1. The first-order valence-corrected chi connectivity index (χ1v) is 5.65. The van der Waals surface area contributed by atoms with Gasteiger partial charge in [-0.3, -0.25) is 0 Å². The maximum Gasteiger partial charge on any atom is 0.0596 e. The first-order chi connectivity index (χ1) is 5.97. The van der Waals surface area contributed by atoms with E-state index in [4.69, 9.17) is 0 Å². The predicted octanol–water partition coefficient (Wildman–Crippen LogP) is 2.97. The van der Waals surface area contributed by atoms with Gasteiger partial charge in [-0.1, -0.05) is 27.2 Å². The maximum absolute atomic E-state index is 10.0. The summed E-state index contributed by atoms with van der Waals surface area (Å²) in [6, 6.07) is 0. The summed E-state index contributed by atoms with van der Waals surface area (Å²) in [4.78, 5) is 0. The van der Waals surface area contributed by atoms with E-state index in [2.05, 4.69) is 20.8 Å². The van der Waals surface area contributed by atoms with E-state index in [1.807, 2.05) is 0 Å². The van der Waals surface area contributed by atoms with Crippen LogP contribution < -0.4 is 0 Å². The van der Waals surface area contributed by atoms with Gasteiger partial charge in [0, 0.05) is 0 Å². The average molecular weight is 182 g/mol.